The zero-order valence-electron chi connectivity index (χ0n) is 26.1. The third-order valence-electron chi connectivity index (χ3n) is 6.51. The summed E-state index contributed by atoms with van der Waals surface area (Å²) in [7, 11) is -3.03. The maximum absolute atomic E-state index is 13.0. The summed E-state index contributed by atoms with van der Waals surface area (Å²) in [6, 6.07) is 11.3. The highest BCUT2D eigenvalue weighted by atomic mass is 35.5. The number of benzene rings is 4. The maximum atomic E-state index is 13.0. The van der Waals surface area contributed by atoms with Crippen LogP contribution in [0.1, 0.15) is 25.0 Å². The topological polar surface area (TPSA) is 164 Å². The summed E-state index contributed by atoms with van der Waals surface area (Å²) in [6.45, 7) is 2.60. The predicted octanol–water partition coefficient (Wildman–Crippen LogP) is 11.3. The maximum Gasteiger partial charge on any atom is 0.701 e. The standard InChI is InChI=1S/C30H22Cl2F6N4O9P/c1-15(39-23-13-19(5-7-25(23)41(43)44)48-27-9-3-17(11-21(27)31)29(33,34)35)50-52(47)51-16(2)40-24-14-20(6-8-26(24)42(45)46)49-28-10-4-18(12-22(28)32)30(36,37)38/h3-16,39-40H,1-2H3/q+1. The van der Waals surface area contributed by atoms with E-state index >= 15 is 0 Å². The normalized spacial score (nSPS) is 13.2. The number of nitrogens with one attached hydrogen (secondary N) is 2. The Labute approximate surface area is 299 Å². The number of nitro groups is 2. The van der Waals surface area contributed by atoms with Crippen molar-refractivity contribution >= 4 is 54.2 Å². The molecule has 0 fully saturated rings. The van der Waals surface area contributed by atoms with Crippen LogP contribution < -0.4 is 20.1 Å². The molecule has 0 heterocycles. The second-order valence-corrected chi connectivity index (χ2v) is 12.1. The average Bonchev–Trinajstić information content (AvgIpc) is 3.01. The van der Waals surface area contributed by atoms with Crippen LogP contribution in [-0.4, -0.2) is 22.3 Å². The van der Waals surface area contributed by atoms with E-state index in [-0.39, 0.29) is 44.4 Å². The average molecular weight is 798 g/mol. The molecular weight excluding hydrogens is 776 g/mol. The molecule has 52 heavy (non-hydrogen) atoms. The van der Waals surface area contributed by atoms with Crippen molar-refractivity contribution in [2.75, 3.05) is 10.6 Å². The first-order valence-corrected chi connectivity index (χ1v) is 16.1. The van der Waals surface area contributed by atoms with Crippen molar-refractivity contribution in [1.82, 2.24) is 0 Å². The minimum absolute atomic E-state index is 0.0752. The minimum atomic E-state index is -4.66. The summed E-state index contributed by atoms with van der Waals surface area (Å²) in [5, 5.41) is 27.7. The number of hydrogen-bond acceptors (Lipinski definition) is 11. The van der Waals surface area contributed by atoms with E-state index < -0.39 is 65.4 Å². The third kappa shape index (κ3) is 10.5. The van der Waals surface area contributed by atoms with E-state index in [2.05, 4.69) is 10.6 Å². The van der Waals surface area contributed by atoms with Gasteiger partial charge in [-0.2, -0.15) is 26.3 Å². The molecular formula is C30H22Cl2F6N4O9P+. The van der Waals surface area contributed by atoms with E-state index in [9.17, 15) is 51.1 Å². The van der Waals surface area contributed by atoms with Crippen LogP contribution in [0.4, 0.5) is 49.1 Å². The van der Waals surface area contributed by atoms with Gasteiger partial charge in [0.1, 0.15) is 34.4 Å². The summed E-state index contributed by atoms with van der Waals surface area (Å²) >= 11 is 11.9. The molecule has 276 valence electrons. The highest BCUT2D eigenvalue weighted by molar-refractivity contribution is 7.33. The second kappa shape index (κ2) is 16.2. The van der Waals surface area contributed by atoms with Gasteiger partial charge in [0.25, 0.3) is 11.4 Å². The number of alkyl halides is 6. The van der Waals surface area contributed by atoms with E-state index in [4.69, 9.17) is 41.7 Å². The summed E-state index contributed by atoms with van der Waals surface area (Å²) in [4.78, 5) is 21.7. The van der Waals surface area contributed by atoms with Crippen LogP contribution in [0.3, 0.4) is 0 Å². The summed E-state index contributed by atoms with van der Waals surface area (Å²) in [6.07, 6.45) is -11.8. The van der Waals surface area contributed by atoms with Gasteiger partial charge in [0.2, 0.25) is 0 Å². The van der Waals surface area contributed by atoms with Gasteiger partial charge in [0.05, 0.1) is 31.0 Å². The number of halogens is 8. The molecule has 13 nitrogen and oxygen atoms in total. The van der Waals surface area contributed by atoms with E-state index in [1.807, 2.05) is 0 Å². The van der Waals surface area contributed by atoms with Crippen LogP contribution >= 0.6 is 31.5 Å². The number of ether oxygens (including phenoxy) is 2. The second-order valence-electron chi connectivity index (χ2n) is 10.4. The summed E-state index contributed by atoms with van der Waals surface area (Å²) in [5.41, 5.74) is -3.45. The molecule has 2 atom stereocenters. The summed E-state index contributed by atoms with van der Waals surface area (Å²) in [5.74, 6) is -0.516. The van der Waals surface area contributed by atoms with Gasteiger partial charge in [0, 0.05) is 28.8 Å². The Morgan fingerprint density at radius 2 is 1.02 bits per heavy atom. The van der Waals surface area contributed by atoms with Gasteiger partial charge in [0.15, 0.2) is 12.5 Å². The Morgan fingerprint density at radius 3 is 1.33 bits per heavy atom. The lowest BCUT2D eigenvalue weighted by Crippen LogP contribution is -2.20. The van der Waals surface area contributed by atoms with Crippen molar-refractivity contribution in [3.8, 4) is 23.0 Å². The van der Waals surface area contributed by atoms with Crippen molar-refractivity contribution in [3.05, 3.63) is 114 Å². The van der Waals surface area contributed by atoms with Crippen molar-refractivity contribution in [1.29, 1.82) is 0 Å². The van der Waals surface area contributed by atoms with Gasteiger partial charge in [-0.3, -0.25) is 20.2 Å². The molecule has 4 rings (SSSR count). The molecule has 0 saturated carbocycles. The van der Waals surface area contributed by atoms with Gasteiger partial charge in [-0.1, -0.05) is 32.2 Å². The van der Waals surface area contributed by atoms with E-state index in [1.165, 1.54) is 13.8 Å². The number of anilines is 2. The molecule has 0 aliphatic rings. The molecule has 0 aromatic heterocycles. The first kappa shape index (κ1) is 39.8. The Morgan fingerprint density at radius 1 is 0.654 bits per heavy atom. The van der Waals surface area contributed by atoms with E-state index in [0.29, 0.717) is 12.1 Å². The Hall–Kier alpha value is -4.94. The Balaban J connectivity index is 1.42. The van der Waals surface area contributed by atoms with Crippen LogP contribution in [0.2, 0.25) is 10.0 Å². The smallest absolute Gasteiger partial charge is 0.456 e. The number of rotatable bonds is 14. The third-order valence-corrected chi connectivity index (χ3v) is 8.08. The predicted molar refractivity (Wildman–Crippen MR) is 175 cm³/mol. The van der Waals surface area contributed by atoms with Crippen molar-refractivity contribution < 1.29 is 59.3 Å². The number of nitro benzene ring substituents is 2. The number of nitrogens with zero attached hydrogens (tertiary/aromatic N) is 2. The van der Waals surface area contributed by atoms with Gasteiger partial charge >= 0.3 is 20.6 Å². The van der Waals surface area contributed by atoms with Crippen LogP contribution in [0.5, 0.6) is 23.0 Å². The quantitative estimate of drug-likeness (QED) is 0.0410. The minimum Gasteiger partial charge on any atom is -0.456 e. The highest BCUT2D eigenvalue weighted by Gasteiger charge is 2.33. The molecule has 22 heteroatoms. The lowest BCUT2D eigenvalue weighted by Gasteiger charge is -2.15. The first-order valence-electron chi connectivity index (χ1n) is 14.2. The fraction of sp³-hybridized carbons (Fsp3) is 0.200. The van der Waals surface area contributed by atoms with Crippen LogP contribution in [-0.2, 0) is 26.0 Å². The summed E-state index contributed by atoms with van der Waals surface area (Å²) < 4.78 is 112. The van der Waals surface area contributed by atoms with Crippen molar-refractivity contribution in [2.45, 2.75) is 38.7 Å². The van der Waals surface area contributed by atoms with Gasteiger partial charge < -0.3 is 20.1 Å². The molecule has 4 aromatic carbocycles. The largest absolute Gasteiger partial charge is 0.701 e. The molecule has 4 aromatic rings. The molecule has 0 spiro atoms. The van der Waals surface area contributed by atoms with E-state index in [1.54, 1.807) is 0 Å². The zero-order chi connectivity index (χ0) is 38.5. The fourth-order valence-electron chi connectivity index (χ4n) is 4.25. The monoisotopic (exact) mass is 797 g/mol. The van der Waals surface area contributed by atoms with Crippen molar-refractivity contribution in [3.63, 3.8) is 0 Å². The number of hydrogen-bond donors (Lipinski definition) is 2. The van der Waals surface area contributed by atoms with Crippen LogP contribution in [0.15, 0.2) is 72.8 Å². The fourth-order valence-corrected chi connectivity index (χ4v) is 5.36. The molecule has 2 N–H and O–H groups in total. The van der Waals surface area contributed by atoms with Crippen molar-refractivity contribution in [2.24, 2.45) is 0 Å². The Bertz CT molecular complexity index is 1870. The highest BCUT2D eigenvalue weighted by Crippen LogP contribution is 2.41. The van der Waals surface area contributed by atoms with Gasteiger partial charge in [-0.05, 0) is 62.4 Å². The van der Waals surface area contributed by atoms with Gasteiger partial charge in [-0.15, -0.1) is 0 Å². The van der Waals surface area contributed by atoms with Crippen LogP contribution in [0.25, 0.3) is 0 Å². The first-order chi connectivity index (χ1) is 24.2. The lowest BCUT2D eigenvalue weighted by atomic mass is 10.2. The molecule has 2 unspecified atom stereocenters. The zero-order valence-corrected chi connectivity index (χ0v) is 28.5. The van der Waals surface area contributed by atoms with Gasteiger partial charge in [-0.25, -0.2) is 0 Å². The molecule has 0 aliphatic heterocycles. The molecule has 0 bridgehead atoms. The lowest BCUT2D eigenvalue weighted by molar-refractivity contribution is -0.384. The molecule has 0 amide bonds. The SMILES string of the molecule is CC(Nc1cc(Oc2ccc(C(F)(F)F)cc2Cl)ccc1[N+](=O)[O-])O[P+](=O)OC(C)Nc1cc(Oc2ccc(C(F)(F)F)cc2Cl)ccc1[N+](=O)[O-]. The Kier molecular flexibility index (Phi) is 12.4. The molecule has 0 radical (unpaired) electrons. The molecule has 0 saturated heterocycles. The van der Waals surface area contributed by atoms with E-state index in [0.717, 1.165) is 60.7 Å². The molecule has 0 aliphatic carbocycles. The van der Waals surface area contributed by atoms with Crippen LogP contribution in [0, 0.1) is 20.2 Å².